The largest absolute Gasteiger partial charge is 0.379 e. The van der Waals surface area contributed by atoms with E-state index in [2.05, 4.69) is 5.43 Å². The Balaban J connectivity index is 4.13. The first kappa shape index (κ1) is 14.8. The van der Waals surface area contributed by atoms with Gasteiger partial charge in [0.25, 0.3) is 0 Å². The Bertz CT molecular complexity index is 275. The maximum atomic E-state index is 11.1. The van der Waals surface area contributed by atoms with Crippen LogP contribution in [0.25, 0.3) is 0 Å². The molecule has 0 aliphatic rings. The zero-order valence-electron chi connectivity index (χ0n) is 9.91. The maximum Gasteiger partial charge on any atom is 0.149 e. The van der Waals surface area contributed by atoms with Crippen LogP contribution in [-0.2, 0) is 14.6 Å². The molecule has 1 atom stereocenters. The van der Waals surface area contributed by atoms with Gasteiger partial charge in [0.1, 0.15) is 9.84 Å². The summed E-state index contributed by atoms with van der Waals surface area (Å²) in [6, 6.07) is -0.213. The van der Waals surface area contributed by atoms with Gasteiger partial charge in [-0.15, -0.1) is 0 Å². The minimum atomic E-state index is -2.99. The molecule has 0 radical (unpaired) electrons. The summed E-state index contributed by atoms with van der Waals surface area (Å²) in [5, 5.41) is 0. The second-order valence-electron chi connectivity index (χ2n) is 4.46. The number of nitrogens with two attached hydrogens (primary N) is 1. The van der Waals surface area contributed by atoms with Gasteiger partial charge < -0.3 is 4.74 Å². The molecule has 0 fully saturated rings. The van der Waals surface area contributed by atoms with Crippen LogP contribution in [-0.4, -0.2) is 39.2 Å². The number of hydrogen-bond acceptors (Lipinski definition) is 5. The number of nitrogens with one attached hydrogen (secondary N) is 1. The summed E-state index contributed by atoms with van der Waals surface area (Å²) in [4.78, 5) is 0. The Labute approximate surface area is 92.3 Å². The Hall–Kier alpha value is -0.170. The second kappa shape index (κ2) is 5.79. The molecule has 5 nitrogen and oxygen atoms in total. The third-order valence-electron chi connectivity index (χ3n) is 2.39. The van der Waals surface area contributed by atoms with Gasteiger partial charge in [0, 0.05) is 19.4 Å². The van der Waals surface area contributed by atoms with E-state index in [9.17, 15) is 8.42 Å². The van der Waals surface area contributed by atoms with Crippen LogP contribution < -0.4 is 11.3 Å². The summed E-state index contributed by atoms with van der Waals surface area (Å²) in [6.07, 6.45) is 2.64. The van der Waals surface area contributed by atoms with Crippen LogP contribution >= 0.6 is 0 Å². The molecule has 0 aliphatic carbocycles. The first-order chi connectivity index (χ1) is 6.70. The Morgan fingerprint density at radius 2 is 2.00 bits per heavy atom. The van der Waals surface area contributed by atoms with Crippen LogP contribution in [0, 0.1) is 0 Å². The van der Waals surface area contributed by atoms with E-state index in [0.717, 1.165) is 6.42 Å². The zero-order chi connectivity index (χ0) is 12.1. The number of sulfone groups is 1. The van der Waals surface area contributed by atoms with Gasteiger partial charge in [0.2, 0.25) is 0 Å². The van der Waals surface area contributed by atoms with Crippen molar-refractivity contribution in [3.63, 3.8) is 0 Å². The minimum Gasteiger partial charge on any atom is -0.379 e. The molecule has 15 heavy (non-hydrogen) atoms. The molecule has 1 unspecified atom stereocenters. The van der Waals surface area contributed by atoms with Crippen molar-refractivity contribution in [3.8, 4) is 0 Å². The lowest BCUT2D eigenvalue weighted by Gasteiger charge is -2.25. The molecule has 0 aliphatic heterocycles. The molecule has 0 saturated carbocycles. The molecule has 0 spiro atoms. The zero-order valence-corrected chi connectivity index (χ0v) is 10.7. The summed E-state index contributed by atoms with van der Waals surface area (Å²) in [5.41, 5.74) is 2.28. The molecule has 0 bridgehead atoms. The molecule has 0 aromatic carbocycles. The molecule has 92 valence electrons. The quantitative estimate of drug-likeness (QED) is 0.484. The van der Waals surface area contributed by atoms with Crippen LogP contribution in [0.4, 0.5) is 0 Å². The lowest BCUT2D eigenvalue weighted by molar-refractivity contribution is 0.0122. The van der Waals surface area contributed by atoms with Crippen molar-refractivity contribution >= 4 is 9.84 Å². The van der Waals surface area contributed by atoms with Crippen LogP contribution in [0.15, 0.2) is 0 Å². The molecule has 6 heteroatoms. The van der Waals surface area contributed by atoms with Crippen molar-refractivity contribution in [2.75, 3.05) is 19.1 Å². The smallest absolute Gasteiger partial charge is 0.149 e. The van der Waals surface area contributed by atoms with Gasteiger partial charge in [0.05, 0.1) is 11.4 Å². The van der Waals surface area contributed by atoms with E-state index in [1.54, 1.807) is 7.11 Å². The second-order valence-corrected chi connectivity index (χ2v) is 6.64. The molecule has 3 N–H and O–H groups in total. The van der Waals surface area contributed by atoms with Crippen LogP contribution in [0.5, 0.6) is 0 Å². The van der Waals surface area contributed by atoms with Crippen LogP contribution in [0.2, 0.25) is 0 Å². The number of hydrazine groups is 1. The highest BCUT2D eigenvalue weighted by Crippen LogP contribution is 2.16. The molecule has 0 aromatic heterocycles. The minimum absolute atomic E-state index is 0.0588. The van der Waals surface area contributed by atoms with Crippen LogP contribution in [0.3, 0.4) is 0 Å². The number of rotatable bonds is 7. The van der Waals surface area contributed by atoms with Gasteiger partial charge in [0.15, 0.2) is 0 Å². The third-order valence-corrected chi connectivity index (χ3v) is 3.39. The van der Waals surface area contributed by atoms with Gasteiger partial charge in [-0.05, 0) is 26.7 Å². The number of methoxy groups -OCH3 is 1. The third kappa shape index (κ3) is 7.72. The van der Waals surface area contributed by atoms with Crippen molar-refractivity contribution in [2.24, 2.45) is 5.84 Å². The monoisotopic (exact) mass is 238 g/mol. The predicted octanol–water partition coefficient (Wildman–Crippen LogP) is 0.0681. The summed E-state index contributed by atoms with van der Waals surface area (Å²) in [6.45, 7) is 3.92. The summed E-state index contributed by atoms with van der Waals surface area (Å²) < 4.78 is 27.4. The van der Waals surface area contributed by atoms with Crippen molar-refractivity contribution in [1.29, 1.82) is 0 Å². The van der Waals surface area contributed by atoms with Gasteiger partial charge in [-0.25, -0.2) is 8.42 Å². The van der Waals surface area contributed by atoms with E-state index in [1.165, 1.54) is 6.26 Å². The SMILES string of the molecule is COC(C)(C)CCC(CS(C)(=O)=O)NN. The van der Waals surface area contributed by atoms with Crippen molar-refractivity contribution < 1.29 is 13.2 Å². The molecule has 0 amide bonds. The lowest BCUT2D eigenvalue weighted by Crippen LogP contribution is -2.41. The van der Waals surface area contributed by atoms with E-state index in [1.807, 2.05) is 13.8 Å². The molecular formula is C9H22N2O3S. The standard InChI is InChI=1S/C9H22N2O3S/c1-9(2,14-3)6-5-8(11-10)7-15(4,12)13/h8,11H,5-7,10H2,1-4H3. The van der Waals surface area contributed by atoms with E-state index in [-0.39, 0.29) is 17.4 Å². The fourth-order valence-electron chi connectivity index (χ4n) is 1.20. The Morgan fingerprint density at radius 1 is 1.47 bits per heavy atom. The fraction of sp³-hybridized carbons (Fsp3) is 1.00. The van der Waals surface area contributed by atoms with Gasteiger partial charge >= 0.3 is 0 Å². The Morgan fingerprint density at radius 3 is 2.33 bits per heavy atom. The van der Waals surface area contributed by atoms with E-state index in [0.29, 0.717) is 6.42 Å². The topological polar surface area (TPSA) is 81.4 Å². The van der Waals surface area contributed by atoms with Crippen LogP contribution in [0.1, 0.15) is 26.7 Å². The number of hydrogen-bond donors (Lipinski definition) is 2. The summed E-state index contributed by atoms with van der Waals surface area (Å²) >= 11 is 0. The molecule has 0 heterocycles. The van der Waals surface area contributed by atoms with E-state index < -0.39 is 9.84 Å². The number of ether oxygens (including phenoxy) is 1. The highest BCUT2D eigenvalue weighted by molar-refractivity contribution is 7.90. The molecule has 0 aromatic rings. The van der Waals surface area contributed by atoms with E-state index >= 15 is 0 Å². The highest BCUT2D eigenvalue weighted by Gasteiger charge is 2.20. The average molecular weight is 238 g/mol. The molecular weight excluding hydrogens is 216 g/mol. The first-order valence-corrected chi connectivity index (χ1v) is 6.95. The van der Waals surface area contributed by atoms with Crippen molar-refractivity contribution in [2.45, 2.75) is 38.3 Å². The molecule has 0 saturated heterocycles. The van der Waals surface area contributed by atoms with E-state index in [4.69, 9.17) is 10.6 Å². The van der Waals surface area contributed by atoms with Crippen molar-refractivity contribution in [1.82, 2.24) is 5.43 Å². The Kier molecular flexibility index (Phi) is 5.72. The van der Waals surface area contributed by atoms with Gasteiger partial charge in [-0.1, -0.05) is 0 Å². The average Bonchev–Trinajstić information content (AvgIpc) is 2.10. The summed E-state index contributed by atoms with van der Waals surface area (Å²) in [5.74, 6) is 5.35. The van der Waals surface area contributed by atoms with Gasteiger partial charge in [-0.3, -0.25) is 11.3 Å². The van der Waals surface area contributed by atoms with Gasteiger partial charge in [-0.2, -0.15) is 0 Å². The first-order valence-electron chi connectivity index (χ1n) is 4.89. The highest BCUT2D eigenvalue weighted by atomic mass is 32.2. The normalized spacial score (nSPS) is 15.3. The molecule has 0 rings (SSSR count). The maximum absolute atomic E-state index is 11.1. The predicted molar refractivity (Wildman–Crippen MR) is 61.1 cm³/mol. The summed E-state index contributed by atoms with van der Waals surface area (Å²) in [7, 11) is -1.35. The van der Waals surface area contributed by atoms with Crippen molar-refractivity contribution in [3.05, 3.63) is 0 Å². The fourth-order valence-corrected chi connectivity index (χ4v) is 2.20. The lowest BCUT2D eigenvalue weighted by atomic mass is 10.00.